The van der Waals surface area contributed by atoms with Crippen LogP contribution >= 0.6 is 0 Å². The number of aliphatic hydroxyl groups is 1. The fraction of sp³-hybridized carbons (Fsp3) is 0.724. The molecule has 37 heavy (non-hydrogen) atoms. The average Bonchev–Trinajstić information content (AvgIpc) is 2.87. The van der Waals surface area contributed by atoms with Gasteiger partial charge in [0.05, 0.1) is 18.3 Å². The van der Waals surface area contributed by atoms with E-state index in [1.54, 1.807) is 19.2 Å². The average molecular weight is 522 g/mol. The summed E-state index contributed by atoms with van der Waals surface area (Å²) in [5.41, 5.74) is 6.91. The van der Waals surface area contributed by atoms with Crippen molar-refractivity contribution in [1.29, 1.82) is 0 Å². The van der Waals surface area contributed by atoms with Crippen molar-refractivity contribution >= 4 is 11.8 Å². The molecule has 0 spiro atoms. The molecule has 0 aliphatic carbocycles. The van der Waals surface area contributed by atoms with Gasteiger partial charge in [-0.05, 0) is 49.1 Å². The predicted molar refractivity (Wildman–Crippen MR) is 149 cm³/mol. The molecule has 5 N–H and O–H groups in total. The van der Waals surface area contributed by atoms with Gasteiger partial charge < -0.3 is 30.9 Å². The SMILES string of the molecule is CCCCNC(=O)C(CC(O)C(N)CC(CNC(=O)c1ccccc1OCCCOC)C(C)C)C(C)C. The van der Waals surface area contributed by atoms with E-state index in [9.17, 15) is 14.7 Å². The lowest BCUT2D eigenvalue weighted by Gasteiger charge is -2.30. The van der Waals surface area contributed by atoms with Gasteiger partial charge in [0.15, 0.2) is 0 Å². The molecule has 1 aromatic rings. The Balaban J connectivity index is 2.71. The van der Waals surface area contributed by atoms with E-state index in [1.807, 2.05) is 26.0 Å². The highest BCUT2D eigenvalue weighted by atomic mass is 16.5. The van der Waals surface area contributed by atoms with Crippen LogP contribution in [0.2, 0.25) is 0 Å². The van der Waals surface area contributed by atoms with Crippen molar-refractivity contribution < 1.29 is 24.2 Å². The van der Waals surface area contributed by atoms with Crippen molar-refractivity contribution in [3.8, 4) is 5.75 Å². The number of benzene rings is 1. The molecular formula is C29H51N3O5. The molecule has 212 valence electrons. The smallest absolute Gasteiger partial charge is 0.255 e. The van der Waals surface area contributed by atoms with E-state index in [0.717, 1.165) is 19.3 Å². The number of nitrogens with two attached hydrogens (primary N) is 1. The van der Waals surface area contributed by atoms with Gasteiger partial charge in [0.1, 0.15) is 5.75 Å². The van der Waals surface area contributed by atoms with Gasteiger partial charge in [-0.2, -0.15) is 0 Å². The number of hydrogen-bond donors (Lipinski definition) is 4. The van der Waals surface area contributed by atoms with Crippen LogP contribution in [-0.2, 0) is 9.53 Å². The van der Waals surface area contributed by atoms with Crippen molar-refractivity contribution in [2.24, 2.45) is 29.4 Å². The number of amides is 2. The first-order valence-corrected chi connectivity index (χ1v) is 13.8. The molecule has 0 saturated heterocycles. The minimum atomic E-state index is -0.803. The zero-order chi connectivity index (χ0) is 27.8. The van der Waals surface area contributed by atoms with E-state index in [0.29, 0.717) is 50.5 Å². The lowest BCUT2D eigenvalue weighted by atomic mass is 9.83. The Morgan fingerprint density at radius 1 is 1.00 bits per heavy atom. The summed E-state index contributed by atoms with van der Waals surface area (Å²) in [6.07, 6.45) is 2.74. The second-order valence-electron chi connectivity index (χ2n) is 10.6. The summed E-state index contributed by atoms with van der Waals surface area (Å²) in [6.45, 7) is 12.4. The third kappa shape index (κ3) is 12.3. The maximum absolute atomic E-state index is 13.0. The van der Waals surface area contributed by atoms with Crippen molar-refractivity contribution in [2.45, 2.75) is 78.9 Å². The van der Waals surface area contributed by atoms with Gasteiger partial charge in [-0.1, -0.05) is 53.2 Å². The quantitative estimate of drug-likeness (QED) is 0.206. The molecule has 8 nitrogen and oxygen atoms in total. The number of carbonyl (C=O) groups is 2. The lowest BCUT2D eigenvalue weighted by Crippen LogP contribution is -2.44. The van der Waals surface area contributed by atoms with Crippen molar-refractivity contribution in [1.82, 2.24) is 10.6 Å². The molecule has 8 heteroatoms. The number of methoxy groups -OCH3 is 1. The van der Waals surface area contributed by atoms with E-state index in [-0.39, 0.29) is 35.5 Å². The lowest BCUT2D eigenvalue weighted by molar-refractivity contribution is -0.127. The van der Waals surface area contributed by atoms with Crippen LogP contribution in [0.25, 0.3) is 0 Å². The number of ether oxygens (including phenoxy) is 2. The number of hydrogen-bond acceptors (Lipinski definition) is 6. The van der Waals surface area contributed by atoms with Crippen LogP contribution in [0.4, 0.5) is 0 Å². The minimum absolute atomic E-state index is 0.0227. The Morgan fingerprint density at radius 2 is 1.70 bits per heavy atom. The predicted octanol–water partition coefficient (Wildman–Crippen LogP) is 3.76. The molecule has 4 unspecified atom stereocenters. The summed E-state index contributed by atoms with van der Waals surface area (Å²) in [5.74, 6) is 0.435. The van der Waals surface area contributed by atoms with Gasteiger partial charge in [-0.25, -0.2) is 0 Å². The maximum atomic E-state index is 13.0. The highest BCUT2D eigenvalue weighted by molar-refractivity contribution is 5.96. The number of nitrogens with one attached hydrogen (secondary N) is 2. The Hall–Kier alpha value is -2.16. The van der Waals surface area contributed by atoms with Gasteiger partial charge in [0, 0.05) is 45.2 Å². The first kappa shape index (κ1) is 32.9. The summed E-state index contributed by atoms with van der Waals surface area (Å²) < 4.78 is 10.8. The number of para-hydroxylation sites is 1. The summed E-state index contributed by atoms with van der Waals surface area (Å²) >= 11 is 0. The molecule has 4 atom stereocenters. The zero-order valence-electron chi connectivity index (χ0n) is 23.8. The van der Waals surface area contributed by atoms with Crippen molar-refractivity contribution in [3.05, 3.63) is 29.8 Å². The number of aliphatic hydroxyl groups excluding tert-OH is 1. The normalized spacial score (nSPS) is 14.8. The molecule has 0 aliphatic heterocycles. The summed E-state index contributed by atoms with van der Waals surface area (Å²) in [7, 11) is 1.64. The fourth-order valence-electron chi connectivity index (χ4n) is 4.22. The van der Waals surface area contributed by atoms with Crippen LogP contribution < -0.4 is 21.1 Å². The van der Waals surface area contributed by atoms with Crippen molar-refractivity contribution in [2.75, 3.05) is 33.4 Å². The highest BCUT2D eigenvalue weighted by Gasteiger charge is 2.29. The van der Waals surface area contributed by atoms with Crippen molar-refractivity contribution in [3.63, 3.8) is 0 Å². The molecule has 2 amide bonds. The van der Waals surface area contributed by atoms with Crippen LogP contribution in [0.1, 0.15) is 77.1 Å². The first-order valence-electron chi connectivity index (χ1n) is 13.8. The van der Waals surface area contributed by atoms with E-state index in [4.69, 9.17) is 15.2 Å². The van der Waals surface area contributed by atoms with Crippen LogP contribution in [0.15, 0.2) is 24.3 Å². The molecule has 0 aliphatic rings. The standard InChI is InChI=1S/C29H51N3O5/c1-7-8-14-31-29(35)24(21(4)5)18-26(33)25(30)17-22(20(2)3)19-32-28(34)23-12-9-10-13-27(23)37-16-11-15-36-6/h9-10,12-13,20-22,24-26,33H,7-8,11,14-19,30H2,1-6H3,(H,31,35)(H,32,34). The Morgan fingerprint density at radius 3 is 2.32 bits per heavy atom. The second-order valence-corrected chi connectivity index (χ2v) is 10.6. The Kier molecular flexibility index (Phi) is 16.1. The molecule has 1 rings (SSSR count). The summed E-state index contributed by atoms with van der Waals surface area (Å²) in [6, 6.07) is 6.70. The molecule has 0 heterocycles. The van der Waals surface area contributed by atoms with Crippen LogP contribution in [-0.4, -0.2) is 62.5 Å². The van der Waals surface area contributed by atoms with Crippen LogP contribution in [0, 0.1) is 23.7 Å². The highest BCUT2D eigenvalue weighted by Crippen LogP contribution is 2.24. The van der Waals surface area contributed by atoms with Gasteiger partial charge in [0.2, 0.25) is 5.91 Å². The molecule has 0 fully saturated rings. The van der Waals surface area contributed by atoms with E-state index < -0.39 is 12.1 Å². The van der Waals surface area contributed by atoms with E-state index >= 15 is 0 Å². The molecule has 0 aromatic heterocycles. The number of carbonyl (C=O) groups excluding carboxylic acids is 2. The van der Waals surface area contributed by atoms with Crippen LogP contribution in [0.3, 0.4) is 0 Å². The first-order chi connectivity index (χ1) is 17.6. The molecule has 1 aromatic carbocycles. The van der Waals surface area contributed by atoms with E-state index in [1.165, 1.54) is 0 Å². The largest absolute Gasteiger partial charge is 0.493 e. The topological polar surface area (TPSA) is 123 Å². The minimum Gasteiger partial charge on any atom is -0.493 e. The second kappa shape index (κ2) is 18.2. The monoisotopic (exact) mass is 521 g/mol. The van der Waals surface area contributed by atoms with Gasteiger partial charge in [-0.15, -0.1) is 0 Å². The van der Waals surface area contributed by atoms with Gasteiger partial charge in [0.25, 0.3) is 5.91 Å². The number of unbranched alkanes of at least 4 members (excludes halogenated alkanes) is 1. The Bertz CT molecular complexity index is 787. The summed E-state index contributed by atoms with van der Waals surface area (Å²) in [4.78, 5) is 25.6. The third-order valence-electron chi connectivity index (χ3n) is 6.89. The molecule has 0 bridgehead atoms. The van der Waals surface area contributed by atoms with Gasteiger partial charge in [-0.3, -0.25) is 9.59 Å². The number of rotatable bonds is 19. The Labute approximate surface area is 224 Å². The molecule has 0 radical (unpaired) electrons. The molecular weight excluding hydrogens is 470 g/mol. The van der Waals surface area contributed by atoms with Crippen LogP contribution in [0.5, 0.6) is 5.75 Å². The fourth-order valence-corrected chi connectivity index (χ4v) is 4.22. The zero-order valence-corrected chi connectivity index (χ0v) is 23.8. The molecule has 0 saturated carbocycles. The van der Waals surface area contributed by atoms with Gasteiger partial charge >= 0.3 is 0 Å². The maximum Gasteiger partial charge on any atom is 0.255 e. The van der Waals surface area contributed by atoms with E-state index in [2.05, 4.69) is 31.4 Å². The summed E-state index contributed by atoms with van der Waals surface area (Å²) in [5, 5.41) is 16.9. The third-order valence-corrected chi connectivity index (χ3v) is 6.89.